The second-order valence-electron chi connectivity index (χ2n) is 4.97. The summed E-state index contributed by atoms with van der Waals surface area (Å²) in [4.78, 5) is 12.0. The van der Waals surface area contributed by atoms with Gasteiger partial charge in [-0.3, -0.25) is 4.79 Å². The molecule has 2 unspecified atom stereocenters. The summed E-state index contributed by atoms with van der Waals surface area (Å²) in [7, 11) is 1.51. The third kappa shape index (κ3) is 3.78. The highest BCUT2D eigenvalue weighted by Crippen LogP contribution is 2.20. The molecule has 0 radical (unpaired) electrons. The van der Waals surface area contributed by atoms with E-state index in [1.54, 1.807) is 0 Å². The Kier molecular flexibility index (Phi) is 5.27. The lowest BCUT2D eigenvalue weighted by Gasteiger charge is -2.20. The van der Waals surface area contributed by atoms with Crippen LogP contribution in [0.4, 0.5) is 0 Å². The highest BCUT2D eigenvalue weighted by molar-refractivity contribution is 5.84. The van der Waals surface area contributed by atoms with E-state index in [4.69, 9.17) is 16.2 Å². The molecule has 1 amide bonds. The third-order valence-corrected chi connectivity index (χ3v) is 3.41. The molecule has 0 bridgehead atoms. The average molecular weight is 287 g/mol. The summed E-state index contributed by atoms with van der Waals surface area (Å²) in [5.41, 5.74) is 12.5. The molecule has 0 aromatic heterocycles. The van der Waals surface area contributed by atoms with E-state index in [1.165, 1.54) is 7.11 Å². The number of rotatable bonds is 6. The zero-order valence-electron chi connectivity index (χ0n) is 12.1. The maximum Gasteiger partial charge on any atom is 0.239 e. The predicted molar refractivity (Wildman–Crippen MR) is 83.7 cm³/mol. The van der Waals surface area contributed by atoms with Crippen molar-refractivity contribution in [1.29, 1.82) is 0 Å². The number of hydrogen-bond acceptors (Lipinski definition) is 4. The van der Waals surface area contributed by atoms with Gasteiger partial charge in [0.25, 0.3) is 0 Å². The normalized spacial score (nSPS) is 13.9. The molecule has 2 atom stereocenters. The summed E-state index contributed by atoms with van der Waals surface area (Å²) < 4.78 is 4.89. The van der Waals surface area contributed by atoms with Crippen molar-refractivity contribution in [3.05, 3.63) is 48.0 Å². The van der Waals surface area contributed by atoms with Crippen molar-refractivity contribution in [1.82, 2.24) is 5.32 Å². The second-order valence-corrected chi connectivity index (χ2v) is 4.97. The van der Waals surface area contributed by atoms with E-state index < -0.39 is 6.04 Å². The Morgan fingerprint density at radius 1 is 1.24 bits per heavy atom. The molecule has 5 nitrogen and oxygen atoms in total. The first-order chi connectivity index (χ1) is 10.2. The Balaban J connectivity index is 2.17. The van der Waals surface area contributed by atoms with Crippen LogP contribution in [0.15, 0.2) is 42.5 Å². The molecule has 2 aromatic carbocycles. The highest BCUT2D eigenvalue weighted by Gasteiger charge is 2.18. The molecule has 112 valence electrons. The second kappa shape index (κ2) is 7.17. The van der Waals surface area contributed by atoms with Crippen LogP contribution in [0, 0.1) is 0 Å². The van der Waals surface area contributed by atoms with Crippen molar-refractivity contribution in [3.63, 3.8) is 0 Å². The number of amides is 1. The number of carbonyl (C=O) groups excluding carboxylic acids is 1. The first-order valence-electron chi connectivity index (χ1n) is 6.89. The fourth-order valence-corrected chi connectivity index (χ4v) is 2.24. The Morgan fingerprint density at radius 3 is 2.62 bits per heavy atom. The van der Waals surface area contributed by atoms with Crippen LogP contribution < -0.4 is 16.8 Å². The number of fused-ring (bicyclic) bond motifs is 1. The molecule has 0 fully saturated rings. The molecule has 21 heavy (non-hydrogen) atoms. The molecular formula is C16H21N3O2. The summed E-state index contributed by atoms with van der Waals surface area (Å²) >= 11 is 0. The number of nitrogens with one attached hydrogen (secondary N) is 1. The van der Waals surface area contributed by atoms with Gasteiger partial charge in [0.05, 0.1) is 12.6 Å². The van der Waals surface area contributed by atoms with Crippen LogP contribution in [-0.4, -0.2) is 32.2 Å². The van der Waals surface area contributed by atoms with E-state index in [1.807, 2.05) is 42.5 Å². The van der Waals surface area contributed by atoms with E-state index in [0.717, 1.165) is 16.3 Å². The minimum Gasteiger partial charge on any atom is -0.383 e. The minimum absolute atomic E-state index is 0.181. The number of carbonyl (C=O) groups is 1. The van der Waals surface area contributed by atoms with Crippen LogP contribution in [0.1, 0.15) is 11.6 Å². The first-order valence-corrected chi connectivity index (χ1v) is 6.89. The Labute approximate surface area is 124 Å². The lowest BCUT2D eigenvalue weighted by Crippen LogP contribution is -2.46. The monoisotopic (exact) mass is 287 g/mol. The van der Waals surface area contributed by atoms with Crippen molar-refractivity contribution in [3.8, 4) is 0 Å². The maximum atomic E-state index is 12.0. The van der Waals surface area contributed by atoms with Crippen LogP contribution in [-0.2, 0) is 9.53 Å². The molecular weight excluding hydrogens is 266 g/mol. The first kappa shape index (κ1) is 15.4. The van der Waals surface area contributed by atoms with Gasteiger partial charge in [0.15, 0.2) is 0 Å². The molecule has 2 rings (SSSR count). The maximum absolute atomic E-state index is 12.0. The lowest BCUT2D eigenvalue weighted by molar-refractivity contribution is -0.124. The fourth-order valence-electron chi connectivity index (χ4n) is 2.24. The summed E-state index contributed by atoms with van der Waals surface area (Å²) in [6.45, 7) is 0.491. The largest absolute Gasteiger partial charge is 0.383 e. The molecule has 0 aliphatic heterocycles. The predicted octanol–water partition coefficient (Wildman–Crippen LogP) is 0.930. The van der Waals surface area contributed by atoms with Crippen molar-refractivity contribution >= 4 is 16.7 Å². The van der Waals surface area contributed by atoms with E-state index in [-0.39, 0.29) is 18.6 Å². The van der Waals surface area contributed by atoms with Gasteiger partial charge in [-0.15, -0.1) is 0 Å². The Bertz CT molecular complexity index is 615. The molecule has 5 N–H and O–H groups in total. The summed E-state index contributed by atoms with van der Waals surface area (Å²) in [6.07, 6.45) is 0. The molecule has 2 aromatic rings. The van der Waals surface area contributed by atoms with Crippen molar-refractivity contribution in [2.75, 3.05) is 20.3 Å². The number of nitrogens with two attached hydrogens (primary N) is 2. The van der Waals surface area contributed by atoms with Gasteiger partial charge >= 0.3 is 0 Å². The zero-order chi connectivity index (χ0) is 15.2. The third-order valence-electron chi connectivity index (χ3n) is 3.41. The van der Waals surface area contributed by atoms with Gasteiger partial charge in [-0.05, 0) is 22.4 Å². The standard InChI is InChI=1S/C16H21N3O2/c1-21-10-14(18)16(20)19-15(9-17)13-7-6-11-4-2-3-5-12(11)8-13/h2-8,14-15H,9-10,17-18H2,1H3,(H,19,20). The number of ether oxygens (including phenoxy) is 1. The van der Waals surface area contributed by atoms with Crippen LogP contribution in [0.5, 0.6) is 0 Å². The minimum atomic E-state index is -0.690. The molecule has 0 aliphatic carbocycles. The van der Waals surface area contributed by atoms with Gasteiger partial charge in [0.1, 0.15) is 6.04 Å². The zero-order valence-corrected chi connectivity index (χ0v) is 12.1. The lowest BCUT2D eigenvalue weighted by atomic mass is 10.0. The van der Waals surface area contributed by atoms with Crippen molar-refractivity contribution in [2.45, 2.75) is 12.1 Å². The smallest absolute Gasteiger partial charge is 0.239 e. The quantitative estimate of drug-likeness (QED) is 0.737. The van der Waals surface area contributed by atoms with Crippen LogP contribution in [0.25, 0.3) is 10.8 Å². The summed E-state index contributed by atoms with van der Waals surface area (Å²) in [6, 6.07) is 13.1. The Hall–Kier alpha value is -1.95. The molecule has 0 saturated heterocycles. The van der Waals surface area contributed by atoms with Crippen molar-refractivity contribution < 1.29 is 9.53 Å². The van der Waals surface area contributed by atoms with Crippen LogP contribution >= 0.6 is 0 Å². The number of benzene rings is 2. The van der Waals surface area contributed by atoms with Gasteiger partial charge in [0.2, 0.25) is 5.91 Å². The topological polar surface area (TPSA) is 90.4 Å². The average Bonchev–Trinajstić information content (AvgIpc) is 2.52. The molecule has 0 aliphatic rings. The van der Waals surface area contributed by atoms with E-state index in [9.17, 15) is 4.79 Å². The molecule has 5 heteroatoms. The summed E-state index contributed by atoms with van der Waals surface area (Å²) in [5, 5.41) is 5.13. The van der Waals surface area contributed by atoms with Crippen molar-refractivity contribution in [2.24, 2.45) is 11.5 Å². The van der Waals surface area contributed by atoms with Gasteiger partial charge in [0, 0.05) is 13.7 Å². The molecule has 0 saturated carbocycles. The molecule has 0 spiro atoms. The number of hydrogen-bond donors (Lipinski definition) is 3. The Morgan fingerprint density at radius 2 is 1.95 bits per heavy atom. The van der Waals surface area contributed by atoms with Crippen LogP contribution in [0.3, 0.4) is 0 Å². The SMILES string of the molecule is COCC(N)C(=O)NC(CN)c1ccc2ccccc2c1. The van der Waals surface area contributed by atoms with Gasteiger partial charge in [-0.1, -0.05) is 36.4 Å². The van der Waals surface area contributed by atoms with Gasteiger partial charge < -0.3 is 21.5 Å². The van der Waals surface area contributed by atoms with E-state index >= 15 is 0 Å². The van der Waals surface area contributed by atoms with Crippen LogP contribution in [0.2, 0.25) is 0 Å². The molecule has 0 heterocycles. The van der Waals surface area contributed by atoms with E-state index in [2.05, 4.69) is 5.32 Å². The van der Waals surface area contributed by atoms with Gasteiger partial charge in [-0.25, -0.2) is 0 Å². The fraction of sp³-hybridized carbons (Fsp3) is 0.312. The summed E-state index contributed by atoms with van der Waals surface area (Å²) in [5.74, 6) is -0.263. The number of methoxy groups -OCH3 is 1. The highest BCUT2D eigenvalue weighted by atomic mass is 16.5. The van der Waals surface area contributed by atoms with E-state index in [0.29, 0.717) is 6.54 Å². The van der Waals surface area contributed by atoms with Gasteiger partial charge in [-0.2, -0.15) is 0 Å².